The molecular formula is C17H27N3O4S. The zero-order valence-corrected chi connectivity index (χ0v) is 14.5. The maximum atomic E-state index is 13.0. The van der Waals surface area contributed by atoms with Gasteiger partial charge in [-0.1, -0.05) is 13.8 Å². The SMILES string of the molecule is [2H]C([2H])([2H])C([2H])([2H])S(=O)(=O)c1cc(C(=O)NCC2([2H])N(CC)C([2H])([2H])C([2H])([2H])C2([2H])[2H])c(OC)cc1N. The zero-order valence-electron chi connectivity index (χ0n) is 25.6. The van der Waals surface area contributed by atoms with E-state index >= 15 is 0 Å². The lowest BCUT2D eigenvalue weighted by atomic mass is 10.1. The third kappa shape index (κ3) is 4.24. The molecule has 2 rings (SSSR count). The fourth-order valence-electron chi connectivity index (χ4n) is 2.18. The van der Waals surface area contributed by atoms with Crippen molar-refractivity contribution in [3.63, 3.8) is 0 Å². The summed E-state index contributed by atoms with van der Waals surface area (Å²) in [6.07, 6.45) is -6.30. The van der Waals surface area contributed by atoms with Gasteiger partial charge in [0.05, 0.1) is 29.0 Å². The number of methoxy groups -OCH3 is 1. The second kappa shape index (κ2) is 8.05. The van der Waals surface area contributed by atoms with Gasteiger partial charge in [-0.2, -0.15) is 0 Å². The van der Waals surface area contributed by atoms with Crippen molar-refractivity contribution in [2.45, 2.75) is 37.4 Å². The highest BCUT2D eigenvalue weighted by molar-refractivity contribution is 7.91. The summed E-state index contributed by atoms with van der Waals surface area (Å²) in [4.78, 5) is 12.6. The molecule has 140 valence electrons. The van der Waals surface area contributed by atoms with E-state index in [-0.39, 0.29) is 12.3 Å². The van der Waals surface area contributed by atoms with Crippen LogP contribution in [0.25, 0.3) is 0 Å². The molecule has 0 saturated carbocycles. The summed E-state index contributed by atoms with van der Waals surface area (Å²) in [5.74, 6) is -1.51. The fourth-order valence-corrected chi connectivity index (χ4v) is 2.93. The van der Waals surface area contributed by atoms with Crippen molar-refractivity contribution in [2.24, 2.45) is 0 Å². The number of benzene rings is 1. The smallest absolute Gasteiger partial charge is 0.255 e. The summed E-state index contributed by atoms with van der Waals surface area (Å²) in [6.45, 7) is -6.44. The fraction of sp³-hybridized carbons (Fsp3) is 0.588. The van der Waals surface area contributed by atoms with Gasteiger partial charge in [-0.05, 0) is 31.9 Å². The summed E-state index contributed by atoms with van der Waals surface area (Å²) in [6, 6.07) is -1.23. The van der Waals surface area contributed by atoms with Crippen LogP contribution in [0.2, 0.25) is 0 Å². The van der Waals surface area contributed by atoms with Crippen molar-refractivity contribution in [2.75, 3.05) is 38.1 Å². The van der Waals surface area contributed by atoms with E-state index in [1.54, 1.807) is 0 Å². The molecule has 8 heteroatoms. The normalized spacial score (nSPS) is 35.4. The summed E-state index contributed by atoms with van der Waals surface area (Å²) >= 11 is 0. The number of carbonyl (C=O) groups excluding carboxylic acids is 1. The molecule has 0 aromatic heterocycles. The van der Waals surface area contributed by atoms with E-state index in [0.717, 1.165) is 13.2 Å². The first-order chi connectivity index (χ1) is 16.4. The number of likely N-dealkylation sites (tertiary alicyclic amines) is 1. The van der Waals surface area contributed by atoms with Crippen LogP contribution in [0.1, 0.15) is 53.3 Å². The second-order valence-corrected chi connectivity index (χ2v) is 6.58. The molecule has 7 nitrogen and oxygen atoms in total. The van der Waals surface area contributed by atoms with Crippen molar-refractivity contribution in [3.05, 3.63) is 17.7 Å². The Morgan fingerprint density at radius 3 is 3.04 bits per heavy atom. The Morgan fingerprint density at radius 1 is 1.64 bits per heavy atom. The number of amides is 1. The molecule has 1 fully saturated rings. The highest BCUT2D eigenvalue weighted by atomic mass is 32.2. The van der Waals surface area contributed by atoms with Crippen LogP contribution in [-0.2, 0) is 9.84 Å². The zero-order chi connectivity index (χ0) is 29.2. The standard InChI is InChI=1S/C17H27N3O4S/c1-4-20-8-6-7-12(20)11-19-17(21)13-9-16(25(22,23)5-2)14(18)10-15(13)24-3/h9-10,12H,4-8,11,18H2,1-3H3,(H,19,21)/i2D3,5D2,6D2,7D2,8D2,12D. The molecule has 0 radical (unpaired) electrons. The van der Waals surface area contributed by atoms with Crippen LogP contribution in [0.15, 0.2) is 17.0 Å². The first kappa shape index (κ1) is 8.73. The van der Waals surface area contributed by atoms with Gasteiger partial charge in [0.2, 0.25) is 0 Å². The van der Waals surface area contributed by atoms with E-state index in [1.165, 1.54) is 6.92 Å². The molecule has 1 amide bonds. The van der Waals surface area contributed by atoms with E-state index in [2.05, 4.69) is 5.32 Å². The first-order valence-electron chi connectivity index (χ1n) is 13.2. The number of anilines is 1. The van der Waals surface area contributed by atoms with Gasteiger partial charge in [0, 0.05) is 35.1 Å². The van der Waals surface area contributed by atoms with Gasteiger partial charge in [0.15, 0.2) is 9.84 Å². The second-order valence-electron chi connectivity index (χ2n) is 4.93. The van der Waals surface area contributed by atoms with Crippen LogP contribution < -0.4 is 15.8 Å². The van der Waals surface area contributed by atoms with Crippen LogP contribution in [-0.4, -0.2) is 57.6 Å². The molecule has 1 unspecified atom stereocenters. The average molecular weight is 382 g/mol. The van der Waals surface area contributed by atoms with E-state index < -0.39 is 76.3 Å². The quantitative estimate of drug-likeness (QED) is 0.690. The maximum Gasteiger partial charge on any atom is 0.255 e. The number of nitrogens with two attached hydrogens (primary N) is 1. The molecule has 1 aliphatic heterocycles. The van der Waals surface area contributed by atoms with Gasteiger partial charge in [-0.15, -0.1) is 0 Å². The molecule has 1 aromatic carbocycles. The molecule has 0 bridgehead atoms. The van der Waals surface area contributed by atoms with Crippen molar-refractivity contribution < 1.29 is 34.4 Å². The molecule has 1 aromatic rings. The summed E-state index contributed by atoms with van der Waals surface area (Å²) < 4.78 is 125. The van der Waals surface area contributed by atoms with Gasteiger partial charge in [0.1, 0.15) is 5.75 Å². The van der Waals surface area contributed by atoms with E-state index in [4.69, 9.17) is 26.9 Å². The van der Waals surface area contributed by atoms with Crippen LogP contribution in [0.5, 0.6) is 5.75 Å². The van der Waals surface area contributed by atoms with Crippen LogP contribution in [0.4, 0.5) is 5.69 Å². The molecule has 1 aliphatic rings. The number of rotatable bonds is 7. The number of hydrogen-bond donors (Lipinski definition) is 2. The molecule has 0 spiro atoms. The van der Waals surface area contributed by atoms with E-state index in [1.807, 2.05) is 0 Å². The van der Waals surface area contributed by atoms with E-state index in [9.17, 15) is 13.2 Å². The lowest BCUT2D eigenvalue weighted by molar-refractivity contribution is 0.0938. The number of nitrogen functional groups attached to an aromatic ring is 1. The molecular weight excluding hydrogens is 342 g/mol. The highest BCUT2D eigenvalue weighted by Crippen LogP contribution is 2.29. The largest absolute Gasteiger partial charge is 0.496 e. The average Bonchev–Trinajstić information content (AvgIpc) is 2.82. The Morgan fingerprint density at radius 2 is 2.40 bits per heavy atom. The van der Waals surface area contributed by atoms with Crippen molar-refractivity contribution in [1.82, 2.24) is 10.2 Å². The monoisotopic (exact) mass is 381 g/mol. The number of carbonyl (C=O) groups is 1. The number of ether oxygens (including phenoxy) is 1. The number of nitrogens with one attached hydrogen (secondary N) is 1. The van der Waals surface area contributed by atoms with Crippen molar-refractivity contribution >= 4 is 21.4 Å². The van der Waals surface area contributed by atoms with E-state index in [0.29, 0.717) is 11.0 Å². The summed E-state index contributed by atoms with van der Waals surface area (Å²) in [5, 5.41) is 2.16. The highest BCUT2D eigenvalue weighted by Gasteiger charge is 2.25. The lowest BCUT2D eigenvalue weighted by Crippen LogP contribution is -2.40. The predicted molar refractivity (Wildman–Crippen MR) is 97.7 cm³/mol. The Hall–Kier alpha value is -1.80. The van der Waals surface area contributed by atoms with Gasteiger partial charge in [-0.3, -0.25) is 9.69 Å². The third-order valence-corrected chi connectivity index (χ3v) is 4.66. The lowest BCUT2D eigenvalue weighted by Gasteiger charge is -2.23. The molecule has 0 aliphatic carbocycles. The minimum absolute atomic E-state index is 0.302. The Bertz CT molecular complexity index is 1190. The predicted octanol–water partition coefficient (Wildman–Crippen LogP) is 1.29. The molecule has 1 atom stereocenters. The molecule has 1 saturated heterocycles. The number of nitrogens with zero attached hydrogens (tertiary/aromatic N) is 1. The summed E-state index contributed by atoms with van der Waals surface area (Å²) in [7, 11) is -4.22. The van der Waals surface area contributed by atoms with Gasteiger partial charge >= 0.3 is 0 Å². The van der Waals surface area contributed by atoms with Gasteiger partial charge in [0.25, 0.3) is 5.91 Å². The topological polar surface area (TPSA) is 102 Å². The minimum atomic E-state index is -5.31. The molecule has 25 heavy (non-hydrogen) atoms. The van der Waals surface area contributed by atoms with Crippen LogP contribution >= 0.6 is 0 Å². The third-order valence-electron chi connectivity index (χ3n) is 3.46. The van der Waals surface area contributed by atoms with Crippen LogP contribution in [0.3, 0.4) is 0 Å². The van der Waals surface area contributed by atoms with Gasteiger partial charge in [-0.25, -0.2) is 8.42 Å². The summed E-state index contributed by atoms with van der Waals surface area (Å²) in [5.41, 5.74) is 0.705. The Balaban J connectivity index is 2.57. The maximum absolute atomic E-state index is 13.0. The van der Waals surface area contributed by atoms with Crippen LogP contribution in [0, 0.1) is 0 Å². The number of hydrogen-bond acceptors (Lipinski definition) is 6. The first-order valence-corrected chi connectivity index (χ1v) is 8.66. The molecule has 3 N–H and O–H groups in total. The minimum Gasteiger partial charge on any atom is -0.496 e. The Labute approximate surface area is 166 Å². The number of sulfone groups is 1. The van der Waals surface area contributed by atoms with Crippen molar-refractivity contribution in [1.29, 1.82) is 0 Å². The van der Waals surface area contributed by atoms with Gasteiger partial charge < -0.3 is 15.8 Å². The van der Waals surface area contributed by atoms with Crippen molar-refractivity contribution in [3.8, 4) is 5.75 Å². The molecule has 1 heterocycles. The Kier molecular flexibility index (Phi) is 2.81. The number of likely N-dealkylation sites (N-methyl/N-ethyl adjacent to an activating group) is 1.